The van der Waals surface area contributed by atoms with E-state index in [0.29, 0.717) is 31.4 Å². The fourth-order valence-corrected chi connectivity index (χ4v) is 4.15. The molecular weight excluding hydrogens is 534 g/mol. The number of H-pyrrole nitrogens is 1. The van der Waals surface area contributed by atoms with Crippen molar-refractivity contribution < 1.29 is 29.4 Å². The lowest BCUT2D eigenvalue weighted by molar-refractivity contribution is -0.142. The van der Waals surface area contributed by atoms with Crippen LogP contribution in [-0.4, -0.2) is 88.7 Å². The SMILES string of the molecule is NCCCCC(NC(=O)C(N)CCCN=C(N)N)C(=O)NC(CO)C(=O)NC(Cc1c[nH]c2ccccc12)C(=O)O. The maximum absolute atomic E-state index is 13.1. The van der Waals surface area contributed by atoms with Crippen LogP contribution in [0.3, 0.4) is 0 Å². The second-order valence-corrected chi connectivity index (χ2v) is 9.61. The van der Waals surface area contributed by atoms with E-state index in [9.17, 15) is 29.4 Å². The molecule has 1 heterocycles. The molecule has 3 amide bonds. The molecule has 0 aliphatic carbocycles. The largest absolute Gasteiger partial charge is 0.480 e. The monoisotopic (exact) mass is 575 g/mol. The van der Waals surface area contributed by atoms with E-state index in [0.717, 1.165) is 10.9 Å². The fourth-order valence-electron chi connectivity index (χ4n) is 4.15. The summed E-state index contributed by atoms with van der Waals surface area (Å²) in [6.45, 7) is -0.138. The van der Waals surface area contributed by atoms with Gasteiger partial charge in [0.2, 0.25) is 17.7 Å². The number of nitrogens with zero attached hydrogens (tertiary/aromatic N) is 1. The van der Waals surface area contributed by atoms with Crippen molar-refractivity contribution >= 4 is 40.6 Å². The highest BCUT2D eigenvalue weighted by molar-refractivity contribution is 5.94. The molecule has 0 radical (unpaired) electrons. The van der Waals surface area contributed by atoms with Gasteiger partial charge in [0.25, 0.3) is 0 Å². The Balaban J connectivity index is 2.04. The molecule has 226 valence electrons. The molecule has 0 fully saturated rings. The van der Waals surface area contributed by atoms with Gasteiger partial charge in [-0.3, -0.25) is 19.4 Å². The number of nitrogens with one attached hydrogen (secondary N) is 4. The number of carbonyl (C=O) groups is 4. The highest BCUT2D eigenvalue weighted by Crippen LogP contribution is 2.19. The van der Waals surface area contributed by atoms with Crippen LogP contribution in [-0.2, 0) is 25.6 Å². The highest BCUT2D eigenvalue weighted by atomic mass is 16.4. The quantitative estimate of drug-likeness (QED) is 0.0518. The number of aliphatic carboxylic acids is 1. The molecule has 4 unspecified atom stereocenters. The number of aromatic amines is 1. The van der Waals surface area contributed by atoms with Crippen molar-refractivity contribution in [3.63, 3.8) is 0 Å². The lowest BCUT2D eigenvalue weighted by Crippen LogP contribution is -2.58. The van der Waals surface area contributed by atoms with Gasteiger partial charge in [-0.15, -0.1) is 0 Å². The zero-order valence-electron chi connectivity index (χ0n) is 22.8. The zero-order chi connectivity index (χ0) is 30.4. The van der Waals surface area contributed by atoms with E-state index in [1.165, 1.54) is 0 Å². The number of nitrogens with two attached hydrogens (primary N) is 4. The van der Waals surface area contributed by atoms with Crippen molar-refractivity contribution in [2.45, 2.75) is 62.7 Å². The van der Waals surface area contributed by atoms with Gasteiger partial charge in [0, 0.05) is 30.1 Å². The molecule has 0 saturated heterocycles. The summed E-state index contributed by atoms with van der Waals surface area (Å²) in [6.07, 6.45) is 3.61. The third-order valence-electron chi connectivity index (χ3n) is 6.41. The lowest BCUT2D eigenvalue weighted by Gasteiger charge is -2.24. The van der Waals surface area contributed by atoms with Crippen LogP contribution < -0.4 is 38.9 Å². The van der Waals surface area contributed by atoms with Gasteiger partial charge in [0.15, 0.2) is 5.96 Å². The van der Waals surface area contributed by atoms with Crippen molar-refractivity contribution in [1.29, 1.82) is 0 Å². The number of fused-ring (bicyclic) bond motifs is 1. The number of carboxylic acids is 1. The summed E-state index contributed by atoms with van der Waals surface area (Å²) in [7, 11) is 0. The first-order chi connectivity index (χ1) is 19.6. The molecule has 1 aromatic carbocycles. The summed E-state index contributed by atoms with van der Waals surface area (Å²) in [6, 6.07) is 2.52. The number of unbranched alkanes of at least 4 members (excludes halogenated alkanes) is 1. The number of benzene rings is 1. The molecule has 0 saturated carbocycles. The molecule has 4 atom stereocenters. The third kappa shape index (κ3) is 10.7. The number of hydrogen-bond donors (Lipinski definition) is 10. The van der Waals surface area contributed by atoms with Gasteiger partial charge in [-0.2, -0.15) is 0 Å². The van der Waals surface area contributed by atoms with Crippen molar-refractivity contribution in [2.24, 2.45) is 27.9 Å². The summed E-state index contributed by atoms with van der Waals surface area (Å²) in [5.41, 5.74) is 23.5. The Hall–Kier alpha value is -4.21. The molecule has 2 rings (SSSR count). The van der Waals surface area contributed by atoms with E-state index in [-0.39, 0.29) is 31.8 Å². The summed E-state index contributed by atoms with van der Waals surface area (Å²) < 4.78 is 0. The van der Waals surface area contributed by atoms with Crippen LogP contribution in [0.15, 0.2) is 35.5 Å². The van der Waals surface area contributed by atoms with Gasteiger partial charge in [0.05, 0.1) is 12.6 Å². The number of para-hydroxylation sites is 1. The van der Waals surface area contributed by atoms with Crippen molar-refractivity contribution in [1.82, 2.24) is 20.9 Å². The number of carboxylic acid groups (broad SMARTS) is 1. The summed E-state index contributed by atoms with van der Waals surface area (Å²) >= 11 is 0. The van der Waals surface area contributed by atoms with Crippen molar-refractivity contribution in [2.75, 3.05) is 19.7 Å². The second kappa shape index (κ2) is 16.8. The van der Waals surface area contributed by atoms with E-state index in [4.69, 9.17) is 22.9 Å². The first-order valence-electron chi connectivity index (χ1n) is 13.4. The van der Waals surface area contributed by atoms with Gasteiger partial charge >= 0.3 is 5.97 Å². The van der Waals surface area contributed by atoms with Gasteiger partial charge in [0.1, 0.15) is 18.1 Å². The average molecular weight is 576 g/mol. The number of aromatic nitrogens is 1. The van der Waals surface area contributed by atoms with Crippen LogP contribution in [0.1, 0.15) is 37.7 Å². The predicted octanol–water partition coefficient (Wildman–Crippen LogP) is -2.25. The molecule has 1 aromatic heterocycles. The maximum atomic E-state index is 13.1. The number of hydrogen-bond acceptors (Lipinski definition) is 8. The van der Waals surface area contributed by atoms with E-state index in [1.807, 2.05) is 24.3 Å². The first-order valence-corrected chi connectivity index (χ1v) is 13.4. The number of amides is 3. The molecule has 2 aromatic rings. The van der Waals surface area contributed by atoms with Crippen LogP contribution in [0.25, 0.3) is 10.9 Å². The average Bonchev–Trinajstić information content (AvgIpc) is 3.35. The van der Waals surface area contributed by atoms with Gasteiger partial charge in [-0.05, 0) is 50.3 Å². The van der Waals surface area contributed by atoms with Crippen molar-refractivity contribution in [3.05, 3.63) is 36.0 Å². The molecule has 14 N–H and O–H groups in total. The molecule has 0 spiro atoms. The third-order valence-corrected chi connectivity index (χ3v) is 6.41. The highest BCUT2D eigenvalue weighted by Gasteiger charge is 2.30. The molecule has 0 bridgehead atoms. The molecule has 0 aliphatic rings. The number of aliphatic imine (C=N–C) groups is 1. The second-order valence-electron chi connectivity index (χ2n) is 9.61. The molecule has 0 aliphatic heterocycles. The fraction of sp³-hybridized carbons (Fsp3) is 0.500. The van der Waals surface area contributed by atoms with Gasteiger partial charge in [-0.1, -0.05) is 18.2 Å². The Morgan fingerprint density at radius 2 is 1.56 bits per heavy atom. The van der Waals surface area contributed by atoms with E-state index >= 15 is 0 Å². The van der Waals surface area contributed by atoms with Crippen LogP contribution >= 0.6 is 0 Å². The predicted molar refractivity (Wildman–Crippen MR) is 153 cm³/mol. The van der Waals surface area contributed by atoms with Crippen LogP contribution in [0.2, 0.25) is 0 Å². The van der Waals surface area contributed by atoms with Crippen LogP contribution in [0, 0.1) is 0 Å². The zero-order valence-corrected chi connectivity index (χ0v) is 22.8. The summed E-state index contributed by atoms with van der Waals surface area (Å²) in [5, 5.41) is 27.8. The Bertz CT molecular complexity index is 1200. The Labute approximate surface area is 237 Å². The van der Waals surface area contributed by atoms with Crippen LogP contribution in [0.4, 0.5) is 0 Å². The van der Waals surface area contributed by atoms with Crippen LogP contribution in [0.5, 0.6) is 0 Å². The van der Waals surface area contributed by atoms with Gasteiger partial charge in [-0.25, -0.2) is 4.79 Å². The Kier molecular flexibility index (Phi) is 13.5. The summed E-state index contributed by atoms with van der Waals surface area (Å²) in [5.74, 6) is -3.57. The van der Waals surface area contributed by atoms with Gasteiger partial charge < -0.3 is 54.1 Å². The number of rotatable bonds is 18. The first kappa shape index (κ1) is 33.0. The number of aliphatic hydroxyl groups excluding tert-OH is 1. The number of guanidine groups is 1. The molecular formula is C26H41N9O6. The minimum atomic E-state index is -1.46. The van der Waals surface area contributed by atoms with E-state index in [2.05, 4.69) is 25.9 Å². The minimum absolute atomic E-state index is 0.0317. The smallest absolute Gasteiger partial charge is 0.326 e. The minimum Gasteiger partial charge on any atom is -0.480 e. The standard InChI is InChI=1S/C26H41N9O6/c27-10-4-3-9-19(33-22(37)17(28)7-5-11-31-26(29)30)23(38)35-21(14-36)24(39)34-20(25(40)41)12-15-13-32-18-8-2-1-6-16(15)18/h1-2,6,8,13,17,19-21,32,36H,3-5,7,9-12,14,27-28H2,(H,33,37)(H,34,39)(H,35,38)(H,40,41)(H4,29,30,31). The maximum Gasteiger partial charge on any atom is 0.326 e. The molecule has 41 heavy (non-hydrogen) atoms. The number of aliphatic hydroxyl groups is 1. The Morgan fingerprint density at radius 3 is 2.22 bits per heavy atom. The summed E-state index contributed by atoms with van der Waals surface area (Å²) in [4.78, 5) is 57.5. The van der Waals surface area contributed by atoms with E-state index in [1.54, 1.807) is 6.20 Å². The normalized spacial score (nSPS) is 13.9. The molecule has 15 nitrogen and oxygen atoms in total. The Morgan fingerprint density at radius 1 is 0.902 bits per heavy atom. The number of carbonyl (C=O) groups excluding carboxylic acids is 3. The van der Waals surface area contributed by atoms with E-state index < -0.39 is 54.5 Å². The topological polar surface area (TPSA) is 277 Å². The lowest BCUT2D eigenvalue weighted by atomic mass is 10.0. The molecule has 15 heteroatoms. The van der Waals surface area contributed by atoms with Crippen molar-refractivity contribution in [3.8, 4) is 0 Å².